The molecular formula is C10H21N. The Morgan fingerprint density at radius 2 is 2.09 bits per heavy atom. The molecule has 0 aromatic rings. The van der Waals surface area contributed by atoms with Crippen molar-refractivity contribution in [3.63, 3.8) is 0 Å². The molecule has 0 saturated heterocycles. The van der Waals surface area contributed by atoms with Gasteiger partial charge in [-0.3, -0.25) is 0 Å². The van der Waals surface area contributed by atoms with Gasteiger partial charge in [0.15, 0.2) is 0 Å². The minimum absolute atomic E-state index is 0.764. The van der Waals surface area contributed by atoms with Crippen LogP contribution >= 0.6 is 0 Å². The van der Waals surface area contributed by atoms with Crippen molar-refractivity contribution in [1.29, 1.82) is 0 Å². The van der Waals surface area contributed by atoms with Crippen LogP contribution in [0.2, 0.25) is 0 Å². The molecule has 0 aromatic carbocycles. The van der Waals surface area contributed by atoms with E-state index in [4.69, 9.17) is 0 Å². The van der Waals surface area contributed by atoms with Gasteiger partial charge in [-0.15, -0.1) is 0 Å². The summed E-state index contributed by atoms with van der Waals surface area (Å²) >= 11 is 0. The van der Waals surface area contributed by atoms with Crippen molar-refractivity contribution in [2.75, 3.05) is 7.05 Å². The Kier molecular flexibility index (Phi) is 2.94. The molecule has 3 unspecified atom stereocenters. The van der Waals surface area contributed by atoms with Crippen LogP contribution < -0.4 is 5.32 Å². The van der Waals surface area contributed by atoms with Crippen LogP contribution in [0.5, 0.6) is 0 Å². The lowest BCUT2D eigenvalue weighted by Crippen LogP contribution is -2.33. The molecule has 1 heteroatoms. The van der Waals surface area contributed by atoms with Gasteiger partial charge in [-0.2, -0.15) is 0 Å². The minimum atomic E-state index is 0.764. The molecule has 0 amide bonds. The summed E-state index contributed by atoms with van der Waals surface area (Å²) in [5.41, 5.74) is 0. The predicted octanol–water partition coefficient (Wildman–Crippen LogP) is 2.28. The lowest BCUT2D eigenvalue weighted by atomic mass is 9.98. The highest BCUT2D eigenvalue weighted by Crippen LogP contribution is 2.45. The average molecular weight is 155 g/mol. The summed E-state index contributed by atoms with van der Waals surface area (Å²) in [5, 5.41) is 3.43. The summed E-state index contributed by atoms with van der Waals surface area (Å²) in [5.74, 6) is 2.79. The molecule has 0 bridgehead atoms. The Morgan fingerprint density at radius 3 is 2.36 bits per heavy atom. The molecule has 1 aliphatic carbocycles. The van der Waals surface area contributed by atoms with Crippen LogP contribution in [0.15, 0.2) is 0 Å². The van der Waals surface area contributed by atoms with Crippen molar-refractivity contribution in [1.82, 2.24) is 5.32 Å². The average Bonchev–Trinajstić information content (AvgIpc) is 2.68. The van der Waals surface area contributed by atoms with Crippen LogP contribution in [0.1, 0.15) is 33.6 Å². The van der Waals surface area contributed by atoms with E-state index in [1.807, 2.05) is 0 Å². The Labute approximate surface area is 70.6 Å². The summed E-state index contributed by atoms with van der Waals surface area (Å²) in [4.78, 5) is 0. The third-order valence-corrected chi connectivity index (χ3v) is 3.01. The number of hydrogen-bond acceptors (Lipinski definition) is 1. The van der Waals surface area contributed by atoms with Gasteiger partial charge in [-0.25, -0.2) is 0 Å². The van der Waals surface area contributed by atoms with E-state index in [9.17, 15) is 0 Å². The van der Waals surface area contributed by atoms with Gasteiger partial charge in [0.1, 0.15) is 0 Å². The SMILES string of the molecule is CCC1CC1C(NC)C(C)C. The first-order valence-electron chi connectivity index (χ1n) is 4.88. The first-order valence-corrected chi connectivity index (χ1v) is 4.88. The van der Waals surface area contributed by atoms with E-state index in [1.54, 1.807) is 0 Å². The number of nitrogens with one attached hydrogen (secondary N) is 1. The van der Waals surface area contributed by atoms with E-state index in [2.05, 4.69) is 33.1 Å². The molecule has 0 heterocycles. The lowest BCUT2D eigenvalue weighted by molar-refractivity contribution is 0.367. The van der Waals surface area contributed by atoms with E-state index in [1.165, 1.54) is 12.8 Å². The zero-order valence-electron chi connectivity index (χ0n) is 8.22. The Hall–Kier alpha value is -0.0400. The fourth-order valence-electron chi connectivity index (χ4n) is 2.22. The summed E-state index contributed by atoms with van der Waals surface area (Å²) in [6, 6.07) is 0.764. The van der Waals surface area contributed by atoms with Crippen LogP contribution in [-0.2, 0) is 0 Å². The molecule has 3 atom stereocenters. The van der Waals surface area contributed by atoms with Crippen LogP contribution in [-0.4, -0.2) is 13.1 Å². The van der Waals surface area contributed by atoms with E-state index < -0.39 is 0 Å². The minimum Gasteiger partial charge on any atom is -0.316 e. The third kappa shape index (κ3) is 1.96. The molecule has 1 rings (SSSR count). The largest absolute Gasteiger partial charge is 0.316 e. The van der Waals surface area contributed by atoms with Crippen LogP contribution in [0.4, 0.5) is 0 Å². The van der Waals surface area contributed by atoms with E-state index in [0.717, 1.165) is 23.8 Å². The molecule has 66 valence electrons. The maximum Gasteiger partial charge on any atom is 0.0118 e. The monoisotopic (exact) mass is 155 g/mol. The Balaban J connectivity index is 2.33. The zero-order valence-corrected chi connectivity index (χ0v) is 8.22. The van der Waals surface area contributed by atoms with Gasteiger partial charge in [-0.1, -0.05) is 27.2 Å². The molecule has 1 aliphatic rings. The van der Waals surface area contributed by atoms with Crippen molar-refractivity contribution in [3.05, 3.63) is 0 Å². The first-order chi connectivity index (χ1) is 5.20. The van der Waals surface area contributed by atoms with E-state index in [-0.39, 0.29) is 0 Å². The van der Waals surface area contributed by atoms with Crippen molar-refractivity contribution in [2.24, 2.45) is 17.8 Å². The highest BCUT2D eigenvalue weighted by Gasteiger charge is 2.41. The summed E-state index contributed by atoms with van der Waals surface area (Å²) in [6.45, 7) is 6.93. The highest BCUT2D eigenvalue weighted by molar-refractivity contribution is 4.94. The summed E-state index contributed by atoms with van der Waals surface area (Å²) in [7, 11) is 2.09. The molecule has 11 heavy (non-hydrogen) atoms. The van der Waals surface area contributed by atoms with Crippen LogP contribution in [0, 0.1) is 17.8 Å². The molecule has 1 nitrogen and oxygen atoms in total. The van der Waals surface area contributed by atoms with Crippen molar-refractivity contribution >= 4 is 0 Å². The van der Waals surface area contributed by atoms with E-state index >= 15 is 0 Å². The second kappa shape index (κ2) is 3.57. The normalized spacial score (nSPS) is 32.5. The predicted molar refractivity (Wildman–Crippen MR) is 49.6 cm³/mol. The molecule has 1 N–H and O–H groups in total. The number of hydrogen-bond donors (Lipinski definition) is 1. The maximum atomic E-state index is 3.43. The first kappa shape index (κ1) is 9.05. The van der Waals surface area contributed by atoms with Crippen LogP contribution in [0.25, 0.3) is 0 Å². The Bertz CT molecular complexity index is 120. The quantitative estimate of drug-likeness (QED) is 0.656. The molecule has 0 radical (unpaired) electrons. The van der Waals surface area contributed by atoms with Gasteiger partial charge in [0, 0.05) is 6.04 Å². The fraction of sp³-hybridized carbons (Fsp3) is 1.00. The second-order valence-corrected chi connectivity index (χ2v) is 4.13. The van der Waals surface area contributed by atoms with Gasteiger partial charge in [0.05, 0.1) is 0 Å². The Morgan fingerprint density at radius 1 is 1.45 bits per heavy atom. The van der Waals surface area contributed by atoms with Gasteiger partial charge >= 0.3 is 0 Å². The second-order valence-electron chi connectivity index (χ2n) is 4.13. The third-order valence-electron chi connectivity index (χ3n) is 3.01. The van der Waals surface area contributed by atoms with Gasteiger partial charge < -0.3 is 5.32 Å². The molecule has 0 spiro atoms. The lowest BCUT2D eigenvalue weighted by Gasteiger charge is -2.20. The highest BCUT2D eigenvalue weighted by atomic mass is 14.9. The molecule has 0 aromatic heterocycles. The number of rotatable bonds is 4. The smallest absolute Gasteiger partial charge is 0.0118 e. The molecular weight excluding hydrogens is 134 g/mol. The van der Waals surface area contributed by atoms with E-state index in [0.29, 0.717) is 0 Å². The zero-order chi connectivity index (χ0) is 8.43. The van der Waals surface area contributed by atoms with Crippen molar-refractivity contribution in [2.45, 2.75) is 39.7 Å². The molecule has 1 fully saturated rings. The van der Waals surface area contributed by atoms with Gasteiger partial charge in [0.2, 0.25) is 0 Å². The molecule has 1 saturated carbocycles. The maximum absolute atomic E-state index is 3.43. The topological polar surface area (TPSA) is 12.0 Å². The van der Waals surface area contributed by atoms with Crippen molar-refractivity contribution < 1.29 is 0 Å². The van der Waals surface area contributed by atoms with Crippen LogP contribution in [0.3, 0.4) is 0 Å². The summed E-state index contributed by atoms with van der Waals surface area (Å²) < 4.78 is 0. The molecule has 0 aliphatic heterocycles. The fourth-order valence-corrected chi connectivity index (χ4v) is 2.22. The standard InChI is InChI=1S/C10H21N/c1-5-8-6-9(8)10(11-4)7(2)3/h7-11H,5-6H2,1-4H3. The van der Waals surface area contributed by atoms with Gasteiger partial charge in [0.25, 0.3) is 0 Å². The summed E-state index contributed by atoms with van der Waals surface area (Å²) in [6.07, 6.45) is 2.83. The van der Waals surface area contributed by atoms with Crippen molar-refractivity contribution in [3.8, 4) is 0 Å². The van der Waals surface area contributed by atoms with Gasteiger partial charge in [-0.05, 0) is 31.2 Å².